The fourth-order valence-corrected chi connectivity index (χ4v) is 2.90. The first-order valence-electron chi connectivity index (χ1n) is 8.19. The average molecular weight is 323 g/mol. The molecule has 0 saturated carbocycles. The number of nitrogens with zero attached hydrogens (tertiary/aromatic N) is 2. The molecule has 1 aliphatic rings. The van der Waals surface area contributed by atoms with Gasteiger partial charge in [-0.05, 0) is 42.2 Å². The molecule has 5 heteroatoms. The van der Waals surface area contributed by atoms with Crippen LogP contribution in [-0.4, -0.2) is 23.3 Å². The van der Waals surface area contributed by atoms with Gasteiger partial charge in [-0.3, -0.25) is 14.6 Å². The minimum Gasteiger partial charge on any atom is -0.326 e. The first kappa shape index (κ1) is 16.2. The second kappa shape index (κ2) is 6.83. The highest BCUT2D eigenvalue weighted by Gasteiger charge is 2.26. The molecule has 0 aliphatic carbocycles. The van der Waals surface area contributed by atoms with E-state index in [2.05, 4.69) is 10.3 Å². The van der Waals surface area contributed by atoms with Crippen molar-refractivity contribution in [2.75, 3.05) is 16.8 Å². The molecule has 24 heavy (non-hydrogen) atoms. The summed E-state index contributed by atoms with van der Waals surface area (Å²) in [6, 6.07) is 9.21. The fourth-order valence-electron chi connectivity index (χ4n) is 2.90. The molecule has 1 aliphatic heterocycles. The van der Waals surface area contributed by atoms with Gasteiger partial charge in [0.1, 0.15) is 0 Å². The molecule has 5 nitrogen and oxygen atoms in total. The summed E-state index contributed by atoms with van der Waals surface area (Å²) < 4.78 is 0. The third kappa shape index (κ3) is 3.45. The summed E-state index contributed by atoms with van der Waals surface area (Å²) in [4.78, 5) is 30.4. The van der Waals surface area contributed by atoms with Crippen LogP contribution in [0.4, 0.5) is 11.4 Å². The Bertz CT molecular complexity index is 756. The maximum absolute atomic E-state index is 12.7. The van der Waals surface area contributed by atoms with Crippen LogP contribution in [0.25, 0.3) is 0 Å². The summed E-state index contributed by atoms with van der Waals surface area (Å²) in [5.74, 6) is 0.265. The highest BCUT2D eigenvalue weighted by atomic mass is 16.2. The van der Waals surface area contributed by atoms with Gasteiger partial charge in [-0.25, -0.2) is 0 Å². The molecule has 0 saturated heterocycles. The second-order valence-electron chi connectivity index (χ2n) is 6.43. The predicted molar refractivity (Wildman–Crippen MR) is 94.1 cm³/mol. The zero-order valence-corrected chi connectivity index (χ0v) is 14.0. The van der Waals surface area contributed by atoms with Gasteiger partial charge >= 0.3 is 0 Å². The third-order valence-electron chi connectivity index (χ3n) is 4.03. The quantitative estimate of drug-likeness (QED) is 0.939. The molecular weight excluding hydrogens is 302 g/mol. The molecule has 2 amide bonds. The Morgan fingerprint density at radius 3 is 2.67 bits per heavy atom. The monoisotopic (exact) mass is 323 g/mol. The summed E-state index contributed by atoms with van der Waals surface area (Å²) in [7, 11) is 0. The van der Waals surface area contributed by atoms with Gasteiger partial charge in [0.2, 0.25) is 5.91 Å². The van der Waals surface area contributed by atoms with Crippen LogP contribution in [0, 0.1) is 5.92 Å². The van der Waals surface area contributed by atoms with E-state index in [1.165, 1.54) is 0 Å². The van der Waals surface area contributed by atoms with Gasteiger partial charge in [0.25, 0.3) is 5.91 Å². The first-order valence-corrected chi connectivity index (χ1v) is 8.19. The molecule has 1 N–H and O–H groups in total. The number of pyridine rings is 1. The van der Waals surface area contributed by atoms with Crippen LogP contribution in [0.3, 0.4) is 0 Å². The van der Waals surface area contributed by atoms with Crippen molar-refractivity contribution in [2.45, 2.75) is 26.7 Å². The zero-order chi connectivity index (χ0) is 17.1. The maximum atomic E-state index is 12.7. The van der Waals surface area contributed by atoms with E-state index >= 15 is 0 Å². The Labute approximate surface area is 141 Å². The van der Waals surface area contributed by atoms with Crippen molar-refractivity contribution in [2.24, 2.45) is 5.92 Å². The number of carbonyl (C=O) groups is 2. The second-order valence-corrected chi connectivity index (χ2v) is 6.43. The minimum atomic E-state index is -0.0400. The predicted octanol–water partition coefficient (Wildman–Crippen LogP) is 3.27. The number of benzene rings is 1. The van der Waals surface area contributed by atoms with Crippen LogP contribution in [0.1, 0.15) is 36.2 Å². The number of nitrogens with one attached hydrogen (secondary N) is 1. The van der Waals surface area contributed by atoms with Gasteiger partial charge in [0.05, 0.1) is 0 Å². The number of hydrogen-bond acceptors (Lipinski definition) is 3. The smallest absolute Gasteiger partial charge is 0.258 e. The maximum Gasteiger partial charge on any atom is 0.258 e. The van der Waals surface area contributed by atoms with Gasteiger partial charge in [-0.1, -0.05) is 19.9 Å². The summed E-state index contributed by atoms with van der Waals surface area (Å²) >= 11 is 0. The molecule has 0 fully saturated rings. The fraction of sp³-hybridized carbons (Fsp3) is 0.316. The van der Waals surface area contributed by atoms with Gasteiger partial charge in [0.15, 0.2) is 0 Å². The Kier molecular flexibility index (Phi) is 4.60. The number of rotatable bonds is 4. The lowest BCUT2D eigenvalue weighted by Gasteiger charge is -2.18. The van der Waals surface area contributed by atoms with E-state index < -0.39 is 0 Å². The first-order chi connectivity index (χ1) is 11.5. The zero-order valence-electron chi connectivity index (χ0n) is 14.0. The number of fused-ring (bicyclic) bond motifs is 1. The van der Waals surface area contributed by atoms with E-state index in [1.807, 2.05) is 32.0 Å². The Morgan fingerprint density at radius 1 is 1.21 bits per heavy atom. The molecule has 0 spiro atoms. The van der Waals surface area contributed by atoms with Crippen LogP contribution >= 0.6 is 0 Å². The largest absolute Gasteiger partial charge is 0.326 e. The third-order valence-corrected chi connectivity index (χ3v) is 4.03. The molecule has 3 rings (SSSR count). The van der Waals surface area contributed by atoms with Crippen LogP contribution in [0.5, 0.6) is 0 Å². The van der Waals surface area contributed by atoms with Gasteiger partial charge < -0.3 is 10.2 Å². The molecule has 0 atom stereocenters. The van der Waals surface area contributed by atoms with Crippen LogP contribution < -0.4 is 10.2 Å². The number of anilines is 2. The van der Waals surface area contributed by atoms with Gasteiger partial charge in [-0.2, -0.15) is 0 Å². The van der Waals surface area contributed by atoms with Crippen molar-refractivity contribution in [3.8, 4) is 0 Å². The number of hydrogen-bond donors (Lipinski definition) is 1. The lowest BCUT2D eigenvalue weighted by atomic mass is 10.1. The number of amides is 2. The van der Waals surface area contributed by atoms with E-state index in [-0.39, 0.29) is 11.8 Å². The molecule has 2 aromatic rings. The van der Waals surface area contributed by atoms with Crippen LogP contribution in [0.2, 0.25) is 0 Å². The van der Waals surface area contributed by atoms with Crippen molar-refractivity contribution < 1.29 is 9.59 Å². The summed E-state index contributed by atoms with van der Waals surface area (Å²) in [6.07, 6.45) is 4.54. The van der Waals surface area contributed by atoms with E-state index in [4.69, 9.17) is 0 Å². The topological polar surface area (TPSA) is 62.3 Å². The number of aromatic nitrogens is 1. The van der Waals surface area contributed by atoms with E-state index in [0.29, 0.717) is 24.4 Å². The average Bonchev–Trinajstić information content (AvgIpc) is 2.97. The standard InChI is InChI=1S/C19H21N3O2/c1-13(2)11-18(23)21-16-4-3-14-7-10-22(17(14)12-16)19(24)15-5-8-20-9-6-15/h3-6,8-9,12-13H,7,10-11H2,1-2H3,(H,21,23). The van der Waals surface area contributed by atoms with Crippen LogP contribution in [0.15, 0.2) is 42.7 Å². The highest BCUT2D eigenvalue weighted by molar-refractivity contribution is 6.07. The van der Waals surface area contributed by atoms with Gasteiger partial charge in [-0.15, -0.1) is 0 Å². The lowest BCUT2D eigenvalue weighted by Crippen LogP contribution is -2.28. The van der Waals surface area contributed by atoms with E-state index in [1.54, 1.807) is 29.4 Å². The normalized spacial score (nSPS) is 13.0. The molecule has 124 valence electrons. The van der Waals surface area contributed by atoms with Gasteiger partial charge in [0, 0.05) is 42.3 Å². The lowest BCUT2D eigenvalue weighted by molar-refractivity contribution is -0.116. The van der Waals surface area contributed by atoms with Crippen molar-refractivity contribution in [1.82, 2.24) is 4.98 Å². The van der Waals surface area contributed by atoms with Crippen molar-refractivity contribution >= 4 is 23.2 Å². The molecule has 1 aromatic heterocycles. The molecule has 0 radical (unpaired) electrons. The number of carbonyl (C=O) groups excluding carboxylic acids is 2. The SMILES string of the molecule is CC(C)CC(=O)Nc1ccc2c(c1)N(C(=O)c1ccncc1)CC2. The van der Waals surface area contributed by atoms with Crippen molar-refractivity contribution in [1.29, 1.82) is 0 Å². The minimum absolute atomic E-state index is 0.00467. The van der Waals surface area contributed by atoms with E-state index in [0.717, 1.165) is 23.4 Å². The Morgan fingerprint density at radius 2 is 1.96 bits per heavy atom. The Balaban J connectivity index is 1.81. The highest BCUT2D eigenvalue weighted by Crippen LogP contribution is 2.32. The van der Waals surface area contributed by atoms with Crippen LogP contribution in [-0.2, 0) is 11.2 Å². The summed E-state index contributed by atoms with van der Waals surface area (Å²) in [6.45, 7) is 4.68. The molecule has 2 heterocycles. The van der Waals surface area contributed by atoms with E-state index in [9.17, 15) is 9.59 Å². The van der Waals surface area contributed by atoms with Crippen molar-refractivity contribution in [3.05, 3.63) is 53.9 Å². The molecular formula is C19H21N3O2. The molecule has 0 unspecified atom stereocenters. The summed E-state index contributed by atoms with van der Waals surface area (Å²) in [5.41, 5.74) is 3.35. The van der Waals surface area contributed by atoms with Crippen molar-refractivity contribution in [3.63, 3.8) is 0 Å². The molecule has 0 bridgehead atoms. The Hall–Kier alpha value is -2.69. The summed E-state index contributed by atoms with van der Waals surface area (Å²) in [5, 5.41) is 2.92. The molecule has 1 aromatic carbocycles.